The van der Waals surface area contributed by atoms with Gasteiger partial charge in [-0.05, 0) is 88.2 Å². The fraction of sp³-hybridized carbons (Fsp3) is 0.685. The summed E-state index contributed by atoms with van der Waals surface area (Å²) in [7, 11) is 0. The predicted molar refractivity (Wildman–Crippen MR) is 273 cm³/mol. The van der Waals surface area contributed by atoms with E-state index in [1.807, 2.05) is 19.2 Å². The van der Waals surface area contributed by atoms with Crippen LogP contribution in [0, 0.1) is 27.9 Å². The molecule has 0 spiro atoms. The number of aliphatic carboxylic acids is 1. The fourth-order valence-corrected chi connectivity index (χ4v) is 11.7. The van der Waals surface area contributed by atoms with E-state index in [2.05, 4.69) is 19.7 Å². The molecule has 0 radical (unpaired) electrons. The average Bonchev–Trinajstić information content (AvgIpc) is 3.83. The van der Waals surface area contributed by atoms with Crippen molar-refractivity contribution in [1.82, 2.24) is 19.7 Å². The Kier molecular flexibility index (Phi) is 20.3. The van der Waals surface area contributed by atoms with Crippen molar-refractivity contribution < 1.29 is 78.4 Å². The number of carbonyl (C=O) groups excluding carboxylic acids is 2. The molecule has 7 N–H and O–H groups in total. The van der Waals surface area contributed by atoms with E-state index < -0.39 is 110 Å². The van der Waals surface area contributed by atoms with Crippen molar-refractivity contribution in [3.05, 3.63) is 76.5 Å². The standard InChI is InChI=1S/C54H77N5O17/c1-32-27-37(50(65)55-18-9-19-56-23-25-57(26-24-56)20-10-21-58-22-17-36-29-38(59(69)70)15-16-39(36)58)30-40(47(32)76-53-46(64)45(63)43(61)33(2)71-53)73-54-49(75-52(68)35-13-7-4-8-14-35)48(44(62)42(31-60)74-54)72-41(51(66)67)28-34-11-5-3-6-12-34/h4,7-8,13-17,22,29,32-34,37,40-49,53-54,60-64H,3,5-6,9-12,18-21,23-28,30-31H2,1-2H3,(H,55,65)(H,66,67)/t32-,33?,37?,40-,41+,42?,43-,44+,45?,46?,47?,48?,49?,53+,54-/m1/s1. The van der Waals surface area contributed by atoms with Crippen LogP contribution in [0.3, 0.4) is 0 Å². The number of benzene rings is 2. The highest BCUT2D eigenvalue weighted by molar-refractivity contribution is 5.89. The Morgan fingerprint density at radius 2 is 1.51 bits per heavy atom. The topological polar surface area (TPSA) is 295 Å². The van der Waals surface area contributed by atoms with Crippen LogP contribution in [0.15, 0.2) is 60.8 Å². The maximum atomic E-state index is 14.1. The Hall–Kier alpha value is -4.69. The Balaban J connectivity index is 0.923. The number of aromatic nitrogens is 1. The summed E-state index contributed by atoms with van der Waals surface area (Å²) in [5.41, 5.74) is 1.18. The van der Waals surface area contributed by atoms with Crippen LogP contribution in [0.4, 0.5) is 5.69 Å². The number of hydrogen-bond donors (Lipinski definition) is 7. The van der Waals surface area contributed by atoms with Crippen LogP contribution in [0.25, 0.3) is 10.9 Å². The molecule has 2 aliphatic carbocycles. The molecule has 2 aromatic carbocycles. The Morgan fingerprint density at radius 3 is 2.20 bits per heavy atom. The van der Waals surface area contributed by atoms with Gasteiger partial charge in [0.15, 0.2) is 24.8 Å². The molecule has 420 valence electrons. The molecule has 1 aromatic heterocycles. The number of nitro benzene ring substituents is 1. The van der Waals surface area contributed by atoms with Crippen LogP contribution in [0.1, 0.15) is 88.4 Å². The van der Waals surface area contributed by atoms with Crippen LogP contribution >= 0.6 is 0 Å². The van der Waals surface area contributed by atoms with E-state index >= 15 is 0 Å². The summed E-state index contributed by atoms with van der Waals surface area (Å²) in [5, 5.41) is 80.2. The highest BCUT2D eigenvalue weighted by Crippen LogP contribution is 2.39. The number of nitrogens with zero attached hydrogens (tertiary/aromatic N) is 4. The highest BCUT2D eigenvalue weighted by atomic mass is 16.7. The number of hydrogen-bond acceptors (Lipinski definition) is 18. The van der Waals surface area contributed by atoms with Crippen LogP contribution in [-0.4, -0.2) is 200 Å². The number of esters is 1. The van der Waals surface area contributed by atoms with Crippen molar-refractivity contribution in [2.75, 3.05) is 52.4 Å². The van der Waals surface area contributed by atoms with Gasteiger partial charge in [-0.2, -0.15) is 0 Å². The zero-order chi connectivity index (χ0) is 54.0. The second-order valence-electron chi connectivity index (χ2n) is 21.4. The lowest BCUT2D eigenvalue weighted by Crippen LogP contribution is -2.64. The third-order valence-corrected chi connectivity index (χ3v) is 16.1. The molecule has 3 aliphatic heterocycles. The first-order valence-electron chi connectivity index (χ1n) is 27.1. The molecule has 1 amide bonds. The normalized spacial score (nSPS) is 32.4. The van der Waals surface area contributed by atoms with Crippen molar-refractivity contribution in [1.29, 1.82) is 0 Å². The van der Waals surface area contributed by atoms with Crippen molar-refractivity contribution in [3.8, 4) is 0 Å². The van der Waals surface area contributed by atoms with Gasteiger partial charge in [0, 0.05) is 74.4 Å². The summed E-state index contributed by atoms with van der Waals surface area (Å²) < 4.78 is 39.7. The molecular weight excluding hydrogens is 991 g/mol. The zero-order valence-corrected chi connectivity index (χ0v) is 43.4. The van der Waals surface area contributed by atoms with Gasteiger partial charge in [0.1, 0.15) is 36.6 Å². The minimum Gasteiger partial charge on any atom is -0.479 e. The van der Waals surface area contributed by atoms with Gasteiger partial charge in [-0.3, -0.25) is 14.9 Å². The number of aliphatic hydroxyl groups excluding tert-OH is 5. The smallest absolute Gasteiger partial charge is 0.338 e. The monoisotopic (exact) mass is 1070 g/mol. The lowest BCUT2D eigenvalue weighted by Gasteiger charge is -2.48. The first-order chi connectivity index (χ1) is 36.6. The van der Waals surface area contributed by atoms with E-state index in [-0.39, 0.29) is 40.8 Å². The average molecular weight is 1070 g/mol. The highest BCUT2D eigenvalue weighted by Gasteiger charge is 2.54. The Bertz CT molecular complexity index is 2370. The van der Waals surface area contributed by atoms with Gasteiger partial charge >= 0.3 is 11.9 Å². The summed E-state index contributed by atoms with van der Waals surface area (Å²) in [6.07, 6.45) is -9.96. The number of amides is 1. The second kappa shape index (κ2) is 26.8. The van der Waals surface area contributed by atoms with Crippen molar-refractivity contribution >= 4 is 34.4 Å². The van der Waals surface area contributed by atoms with Gasteiger partial charge in [-0.25, -0.2) is 9.59 Å². The van der Waals surface area contributed by atoms with Gasteiger partial charge in [0.05, 0.1) is 35.4 Å². The molecule has 8 unspecified atom stereocenters. The zero-order valence-electron chi connectivity index (χ0n) is 43.4. The summed E-state index contributed by atoms with van der Waals surface area (Å²) in [5.74, 6) is -3.48. The minimum atomic E-state index is -1.69. The molecular formula is C54H77N5O17. The van der Waals surface area contributed by atoms with Gasteiger partial charge in [0.25, 0.3) is 5.69 Å². The summed E-state index contributed by atoms with van der Waals surface area (Å²) in [4.78, 5) is 56.5. The number of rotatable bonds is 22. The number of non-ortho nitro benzene ring substituents is 1. The van der Waals surface area contributed by atoms with E-state index in [9.17, 15) is 55.1 Å². The molecule has 15 atom stereocenters. The SMILES string of the molecule is CC1O[C@@H](OC2[C@H](C)CC(C(=O)NCCCN3CCN(CCCn4ccc5cc([N+](=O)[O-])ccc54)CC3)C[C@H]2O[C@@H]2OC(CO)[C@H](O)C(O[C@@H](CC3CCCCC3)C(=O)O)C2OC(=O)c2ccccc2)C(O)C(O)[C@@H]1O. The van der Waals surface area contributed by atoms with E-state index in [0.717, 1.165) is 95.2 Å². The van der Waals surface area contributed by atoms with Gasteiger partial charge < -0.3 is 78.7 Å². The van der Waals surface area contributed by atoms with E-state index in [1.54, 1.807) is 30.3 Å². The fourth-order valence-electron chi connectivity index (χ4n) is 11.7. The third-order valence-electron chi connectivity index (χ3n) is 16.1. The van der Waals surface area contributed by atoms with Crippen LogP contribution in [0.2, 0.25) is 0 Å². The van der Waals surface area contributed by atoms with Crippen molar-refractivity contribution in [3.63, 3.8) is 0 Å². The number of nitrogens with one attached hydrogen (secondary N) is 1. The molecule has 5 aliphatic rings. The molecule has 5 fully saturated rings. The number of carbonyl (C=O) groups is 3. The number of fused-ring (bicyclic) bond motifs is 1. The number of ether oxygens (including phenoxy) is 6. The number of aryl methyl sites for hydroxylation is 1. The maximum Gasteiger partial charge on any atom is 0.338 e. The maximum absolute atomic E-state index is 14.1. The molecule has 0 bridgehead atoms. The molecule has 8 rings (SSSR count). The third kappa shape index (κ3) is 14.3. The van der Waals surface area contributed by atoms with Crippen LogP contribution < -0.4 is 5.32 Å². The minimum absolute atomic E-state index is 0.00590. The molecule has 22 heteroatoms. The van der Waals surface area contributed by atoms with Crippen molar-refractivity contribution in [2.45, 2.75) is 164 Å². The first-order valence-corrected chi connectivity index (χ1v) is 27.1. The number of aliphatic hydroxyl groups is 5. The largest absolute Gasteiger partial charge is 0.479 e. The quantitative estimate of drug-likeness (QED) is 0.0329. The summed E-state index contributed by atoms with van der Waals surface area (Å²) >= 11 is 0. The Labute approximate surface area is 442 Å². The van der Waals surface area contributed by atoms with Crippen LogP contribution in [-0.2, 0) is 44.6 Å². The molecule has 4 heterocycles. The Morgan fingerprint density at radius 1 is 0.803 bits per heavy atom. The molecule has 76 heavy (non-hydrogen) atoms. The first kappa shape index (κ1) is 57.5. The second-order valence-corrected chi connectivity index (χ2v) is 21.4. The summed E-state index contributed by atoms with van der Waals surface area (Å²) in [6.45, 7) is 9.03. The number of carboxylic acid groups (broad SMARTS) is 1. The summed E-state index contributed by atoms with van der Waals surface area (Å²) in [6, 6.07) is 14.8. The van der Waals surface area contributed by atoms with Crippen LogP contribution in [0.5, 0.6) is 0 Å². The predicted octanol–water partition coefficient (Wildman–Crippen LogP) is 2.82. The molecule has 3 aromatic rings. The van der Waals surface area contributed by atoms with Gasteiger partial charge in [0.2, 0.25) is 5.91 Å². The molecule has 3 saturated heterocycles. The van der Waals surface area contributed by atoms with E-state index in [4.69, 9.17) is 28.4 Å². The number of nitro groups is 1. The molecule has 2 saturated carbocycles. The van der Waals surface area contributed by atoms with E-state index in [1.165, 1.54) is 25.1 Å². The van der Waals surface area contributed by atoms with E-state index in [0.29, 0.717) is 19.4 Å². The van der Waals surface area contributed by atoms with Gasteiger partial charge in [-0.1, -0.05) is 57.2 Å². The number of carboxylic acids is 1. The number of piperazine rings is 1. The van der Waals surface area contributed by atoms with Gasteiger partial charge in [-0.15, -0.1) is 0 Å². The van der Waals surface area contributed by atoms with Crippen molar-refractivity contribution in [2.24, 2.45) is 17.8 Å². The molecule has 22 nitrogen and oxygen atoms in total. The lowest BCUT2D eigenvalue weighted by molar-refractivity contribution is -0.384. The lowest BCUT2D eigenvalue weighted by atomic mass is 9.77.